The normalized spacial score (nSPS) is 11.5. The highest BCUT2D eigenvalue weighted by molar-refractivity contribution is 9.10. The average Bonchev–Trinajstić information content (AvgIpc) is 2.21. The molecular weight excluding hydrogens is 256 g/mol. The molecule has 1 aromatic carbocycles. The van der Waals surface area contributed by atoms with E-state index in [4.69, 9.17) is 10.5 Å². The van der Waals surface area contributed by atoms with E-state index in [1.807, 2.05) is 18.2 Å². The second kappa shape index (κ2) is 5.75. The molecule has 0 spiro atoms. The monoisotopic (exact) mass is 270 g/mol. The highest BCUT2D eigenvalue weighted by Crippen LogP contribution is 2.29. The quantitative estimate of drug-likeness (QED) is 0.675. The minimum atomic E-state index is 0.645. The first kappa shape index (κ1) is 12.0. The Balaban J connectivity index is 2.97. The molecule has 2 N–H and O–H groups in total. The minimum Gasteiger partial charge on any atom is -0.497 e. The fourth-order valence-corrected chi connectivity index (χ4v) is 1.51. The van der Waals surface area contributed by atoms with Gasteiger partial charge < -0.3 is 10.5 Å². The summed E-state index contributed by atoms with van der Waals surface area (Å²) in [5, 5.41) is 0. The maximum Gasteiger partial charge on any atom is 0.121 e. The van der Waals surface area contributed by atoms with Crippen LogP contribution in [-0.4, -0.2) is 12.9 Å². The average molecular weight is 271 g/mol. The van der Waals surface area contributed by atoms with E-state index in [9.17, 15) is 0 Å². The van der Waals surface area contributed by atoms with Crippen LogP contribution in [0.4, 0.5) is 5.69 Å². The molecule has 0 saturated carbocycles. The first-order chi connectivity index (χ1) is 7.17. The zero-order valence-electron chi connectivity index (χ0n) is 8.96. The van der Waals surface area contributed by atoms with Gasteiger partial charge in [-0.25, -0.2) is 4.99 Å². The van der Waals surface area contributed by atoms with Crippen molar-refractivity contribution in [1.82, 2.24) is 0 Å². The smallest absolute Gasteiger partial charge is 0.121 e. The van der Waals surface area contributed by atoms with Crippen LogP contribution in [0, 0.1) is 0 Å². The van der Waals surface area contributed by atoms with Crippen molar-refractivity contribution in [1.29, 1.82) is 0 Å². The number of hydrogen-bond donors (Lipinski definition) is 1. The lowest BCUT2D eigenvalue weighted by molar-refractivity contribution is 0.415. The Labute approximate surface area is 98.5 Å². The lowest BCUT2D eigenvalue weighted by Gasteiger charge is -2.04. The Morgan fingerprint density at radius 1 is 1.53 bits per heavy atom. The number of halogens is 1. The number of nitrogens with zero attached hydrogens (tertiary/aromatic N) is 1. The largest absolute Gasteiger partial charge is 0.497 e. The third-order valence-electron chi connectivity index (χ3n) is 1.92. The Bertz CT molecular complexity index is 364. The summed E-state index contributed by atoms with van der Waals surface area (Å²) in [6.07, 6.45) is 1.81. The molecule has 0 atom stereocenters. The van der Waals surface area contributed by atoms with Crippen LogP contribution in [-0.2, 0) is 0 Å². The Morgan fingerprint density at radius 2 is 2.27 bits per heavy atom. The Morgan fingerprint density at radius 3 is 2.87 bits per heavy atom. The summed E-state index contributed by atoms with van der Waals surface area (Å²) in [6.45, 7) is 2.07. The predicted molar refractivity (Wildman–Crippen MR) is 66.9 cm³/mol. The van der Waals surface area contributed by atoms with Gasteiger partial charge in [0.15, 0.2) is 0 Å². The molecule has 0 aliphatic heterocycles. The molecule has 0 bridgehead atoms. The summed E-state index contributed by atoms with van der Waals surface area (Å²) in [4.78, 5) is 4.32. The van der Waals surface area contributed by atoms with E-state index >= 15 is 0 Å². The molecule has 1 rings (SSSR count). The molecule has 0 aliphatic carbocycles. The lowest BCUT2D eigenvalue weighted by Crippen LogP contribution is -2.09. The van der Waals surface area contributed by atoms with Crippen LogP contribution in [0.3, 0.4) is 0 Å². The van der Waals surface area contributed by atoms with Gasteiger partial charge in [0.2, 0.25) is 0 Å². The van der Waals surface area contributed by atoms with Gasteiger partial charge in [0.1, 0.15) is 5.75 Å². The van der Waals surface area contributed by atoms with Crippen LogP contribution in [0.15, 0.2) is 27.7 Å². The Kier molecular flexibility index (Phi) is 4.62. The second-order valence-electron chi connectivity index (χ2n) is 3.17. The third-order valence-corrected chi connectivity index (χ3v) is 2.59. The molecule has 0 aromatic heterocycles. The fraction of sp³-hybridized carbons (Fsp3) is 0.364. The SMILES string of the molecule is CCCC(N)=Nc1cc(OC)ccc1Br. The van der Waals surface area contributed by atoms with Crippen molar-refractivity contribution in [2.45, 2.75) is 19.8 Å². The summed E-state index contributed by atoms with van der Waals surface area (Å²) in [7, 11) is 1.63. The standard InChI is InChI=1S/C11H15BrN2O/c1-3-4-11(13)14-10-7-8(15-2)5-6-9(10)12/h5-7H,3-4H2,1-2H3,(H2,13,14). The number of ether oxygens (including phenoxy) is 1. The van der Waals surface area contributed by atoms with Crippen molar-refractivity contribution >= 4 is 27.5 Å². The van der Waals surface area contributed by atoms with Crippen LogP contribution in [0.25, 0.3) is 0 Å². The van der Waals surface area contributed by atoms with Crippen molar-refractivity contribution in [2.75, 3.05) is 7.11 Å². The summed E-state index contributed by atoms with van der Waals surface area (Å²) >= 11 is 3.42. The molecular formula is C11H15BrN2O. The minimum absolute atomic E-state index is 0.645. The molecule has 0 fully saturated rings. The number of aliphatic imine (C=N–C) groups is 1. The van der Waals surface area contributed by atoms with E-state index in [2.05, 4.69) is 27.8 Å². The van der Waals surface area contributed by atoms with E-state index in [0.29, 0.717) is 5.84 Å². The van der Waals surface area contributed by atoms with Gasteiger partial charge in [-0.1, -0.05) is 6.92 Å². The van der Waals surface area contributed by atoms with E-state index < -0.39 is 0 Å². The fourth-order valence-electron chi connectivity index (χ4n) is 1.17. The van der Waals surface area contributed by atoms with Gasteiger partial charge in [0.05, 0.1) is 18.6 Å². The zero-order valence-corrected chi connectivity index (χ0v) is 10.5. The van der Waals surface area contributed by atoms with Crippen LogP contribution in [0.5, 0.6) is 5.75 Å². The Hall–Kier alpha value is -1.03. The molecule has 0 radical (unpaired) electrons. The van der Waals surface area contributed by atoms with Crippen LogP contribution >= 0.6 is 15.9 Å². The molecule has 82 valence electrons. The van der Waals surface area contributed by atoms with Crippen LogP contribution in [0.1, 0.15) is 19.8 Å². The van der Waals surface area contributed by atoms with Gasteiger partial charge >= 0.3 is 0 Å². The maximum atomic E-state index is 5.77. The number of hydrogen-bond acceptors (Lipinski definition) is 2. The number of benzene rings is 1. The van der Waals surface area contributed by atoms with Crippen molar-refractivity contribution in [2.24, 2.45) is 10.7 Å². The number of rotatable bonds is 4. The molecule has 15 heavy (non-hydrogen) atoms. The van der Waals surface area contributed by atoms with E-state index in [0.717, 1.165) is 28.8 Å². The number of amidine groups is 1. The zero-order chi connectivity index (χ0) is 11.3. The number of nitrogens with two attached hydrogens (primary N) is 1. The molecule has 4 heteroatoms. The summed E-state index contributed by atoms with van der Waals surface area (Å²) in [5.41, 5.74) is 6.57. The molecule has 3 nitrogen and oxygen atoms in total. The first-order valence-electron chi connectivity index (χ1n) is 4.84. The van der Waals surface area contributed by atoms with E-state index in [1.54, 1.807) is 7.11 Å². The predicted octanol–water partition coefficient (Wildman–Crippen LogP) is 3.25. The van der Waals surface area contributed by atoms with Crippen molar-refractivity contribution in [3.8, 4) is 5.75 Å². The molecule has 1 aromatic rings. The van der Waals surface area contributed by atoms with Gasteiger partial charge in [0, 0.05) is 17.0 Å². The maximum absolute atomic E-state index is 5.77. The number of methoxy groups -OCH3 is 1. The van der Waals surface area contributed by atoms with Gasteiger partial charge in [-0.15, -0.1) is 0 Å². The molecule has 0 aliphatic rings. The summed E-state index contributed by atoms with van der Waals surface area (Å²) in [5.74, 6) is 1.42. The lowest BCUT2D eigenvalue weighted by atomic mass is 10.3. The van der Waals surface area contributed by atoms with E-state index in [1.165, 1.54) is 0 Å². The first-order valence-corrected chi connectivity index (χ1v) is 5.63. The van der Waals surface area contributed by atoms with Gasteiger partial charge in [0.25, 0.3) is 0 Å². The highest BCUT2D eigenvalue weighted by atomic mass is 79.9. The summed E-state index contributed by atoms with van der Waals surface area (Å²) in [6, 6.07) is 5.63. The van der Waals surface area contributed by atoms with Gasteiger partial charge in [-0.2, -0.15) is 0 Å². The summed E-state index contributed by atoms with van der Waals surface area (Å²) < 4.78 is 6.04. The van der Waals surface area contributed by atoms with Crippen molar-refractivity contribution in [3.63, 3.8) is 0 Å². The van der Waals surface area contributed by atoms with Crippen molar-refractivity contribution < 1.29 is 4.74 Å². The van der Waals surface area contributed by atoms with Gasteiger partial charge in [-0.05, 0) is 34.5 Å². The highest BCUT2D eigenvalue weighted by Gasteiger charge is 2.01. The second-order valence-corrected chi connectivity index (χ2v) is 4.02. The molecule has 0 amide bonds. The van der Waals surface area contributed by atoms with E-state index in [-0.39, 0.29) is 0 Å². The van der Waals surface area contributed by atoms with Crippen LogP contribution in [0.2, 0.25) is 0 Å². The molecule has 0 saturated heterocycles. The van der Waals surface area contributed by atoms with Crippen LogP contribution < -0.4 is 10.5 Å². The van der Waals surface area contributed by atoms with Crippen molar-refractivity contribution in [3.05, 3.63) is 22.7 Å². The molecule has 0 heterocycles. The molecule has 0 unspecified atom stereocenters. The third kappa shape index (κ3) is 3.55. The topological polar surface area (TPSA) is 47.6 Å². The van der Waals surface area contributed by atoms with Gasteiger partial charge in [-0.3, -0.25) is 0 Å².